The largest absolute Gasteiger partial charge is 0.451 e. The minimum atomic E-state index is -4.67. The summed E-state index contributed by atoms with van der Waals surface area (Å²) >= 11 is 3.52. The number of sulfonamides is 1. The molecule has 2 fully saturated rings. The highest BCUT2D eigenvalue weighted by Crippen LogP contribution is 2.45. The third-order valence-electron chi connectivity index (χ3n) is 6.95. The van der Waals surface area contributed by atoms with Gasteiger partial charge in [0, 0.05) is 40.0 Å². The van der Waals surface area contributed by atoms with Crippen LogP contribution in [0.15, 0.2) is 52.1 Å². The lowest BCUT2D eigenvalue weighted by molar-refractivity contribution is -0.145. The predicted molar refractivity (Wildman–Crippen MR) is 140 cm³/mol. The Bertz CT molecular complexity index is 1530. The molecule has 1 saturated carbocycles. The second-order valence-corrected chi connectivity index (χ2v) is 12.5. The first kappa shape index (κ1) is 28.6. The van der Waals surface area contributed by atoms with Crippen molar-refractivity contribution < 1.29 is 30.8 Å². The standard InChI is InChI=1S/C26H24BrF4N5O3S/c1-14-2-9-21(36(14)40(38,39)19-7-5-17(28)6-8-19)24(37)32-13-18-10-20(22(27)23(35-18)15-3-4-15)16-11-33-25(34-12-16)26(29,30)31/h5-8,10-12,14-15,21H,2-4,9,13H2,1H3,(H,32,37). The Hall–Kier alpha value is -2.97. The van der Waals surface area contributed by atoms with Gasteiger partial charge >= 0.3 is 6.18 Å². The van der Waals surface area contributed by atoms with Crippen molar-refractivity contribution in [1.82, 2.24) is 24.6 Å². The van der Waals surface area contributed by atoms with Gasteiger partial charge < -0.3 is 5.32 Å². The molecule has 1 N–H and O–H groups in total. The SMILES string of the molecule is CC1CCC(C(=O)NCc2cc(-c3cnc(C(F)(F)F)nc3)c(Br)c(C3CC3)n2)N1S(=O)(=O)c1ccc(F)cc1. The first-order valence-corrected chi connectivity index (χ1v) is 14.8. The molecule has 2 aromatic heterocycles. The number of hydrogen-bond acceptors (Lipinski definition) is 6. The molecule has 8 nitrogen and oxygen atoms in total. The summed E-state index contributed by atoms with van der Waals surface area (Å²) < 4.78 is 80.6. The van der Waals surface area contributed by atoms with Gasteiger partial charge in [-0.15, -0.1) is 0 Å². The molecule has 1 saturated heterocycles. The van der Waals surface area contributed by atoms with E-state index in [0.29, 0.717) is 34.1 Å². The zero-order valence-electron chi connectivity index (χ0n) is 21.1. The van der Waals surface area contributed by atoms with Crippen LogP contribution in [0.3, 0.4) is 0 Å². The number of aromatic nitrogens is 3. The van der Waals surface area contributed by atoms with Crippen LogP contribution in [0.5, 0.6) is 0 Å². The van der Waals surface area contributed by atoms with E-state index in [1.54, 1.807) is 13.0 Å². The lowest BCUT2D eigenvalue weighted by atomic mass is 10.1. The Labute approximate surface area is 236 Å². The average molecular weight is 642 g/mol. The summed E-state index contributed by atoms with van der Waals surface area (Å²) in [6, 6.07) is 4.67. The van der Waals surface area contributed by atoms with Crippen molar-refractivity contribution in [1.29, 1.82) is 0 Å². The molecular weight excluding hydrogens is 618 g/mol. The van der Waals surface area contributed by atoms with Gasteiger partial charge in [-0.3, -0.25) is 9.78 Å². The monoisotopic (exact) mass is 641 g/mol. The van der Waals surface area contributed by atoms with Gasteiger partial charge in [-0.05, 0) is 78.9 Å². The van der Waals surface area contributed by atoms with Crippen LogP contribution in [0.25, 0.3) is 11.1 Å². The van der Waals surface area contributed by atoms with E-state index in [1.165, 1.54) is 12.1 Å². The van der Waals surface area contributed by atoms with Crippen molar-refractivity contribution in [3.8, 4) is 11.1 Å². The van der Waals surface area contributed by atoms with Crippen LogP contribution in [-0.2, 0) is 27.5 Å². The van der Waals surface area contributed by atoms with Crippen molar-refractivity contribution in [2.75, 3.05) is 0 Å². The van der Waals surface area contributed by atoms with E-state index in [2.05, 4.69) is 36.2 Å². The predicted octanol–water partition coefficient (Wildman–Crippen LogP) is 5.19. The van der Waals surface area contributed by atoms with E-state index in [1.807, 2.05) is 0 Å². The molecule has 5 rings (SSSR count). The van der Waals surface area contributed by atoms with Gasteiger partial charge in [0.25, 0.3) is 0 Å². The van der Waals surface area contributed by atoms with Crippen LogP contribution in [0, 0.1) is 5.82 Å². The van der Waals surface area contributed by atoms with Crippen molar-refractivity contribution in [3.05, 3.63) is 70.2 Å². The molecule has 1 amide bonds. The van der Waals surface area contributed by atoms with Gasteiger partial charge in [0.05, 0.1) is 22.8 Å². The van der Waals surface area contributed by atoms with Gasteiger partial charge in [0.15, 0.2) is 0 Å². The van der Waals surface area contributed by atoms with E-state index < -0.39 is 45.8 Å². The Kier molecular flexibility index (Phi) is 7.70. The average Bonchev–Trinajstić information content (AvgIpc) is 3.68. The molecular formula is C26H24BrF4N5O3S. The van der Waals surface area contributed by atoms with Crippen LogP contribution in [-0.4, -0.2) is 45.7 Å². The summed E-state index contributed by atoms with van der Waals surface area (Å²) in [5.41, 5.74) is 2.05. The molecule has 1 aliphatic heterocycles. The first-order chi connectivity index (χ1) is 18.9. The Morgan fingerprint density at radius 1 is 1.10 bits per heavy atom. The number of amides is 1. The Balaban J connectivity index is 1.38. The molecule has 3 heterocycles. The summed E-state index contributed by atoms with van der Waals surface area (Å²) in [5, 5.41) is 2.77. The van der Waals surface area contributed by atoms with E-state index in [4.69, 9.17) is 0 Å². The van der Waals surface area contributed by atoms with Gasteiger partial charge in [-0.1, -0.05) is 0 Å². The molecule has 40 heavy (non-hydrogen) atoms. The summed E-state index contributed by atoms with van der Waals surface area (Å²) in [6.07, 6.45) is 0.0984. The topological polar surface area (TPSA) is 105 Å². The number of pyridine rings is 1. The minimum Gasteiger partial charge on any atom is -0.349 e. The second kappa shape index (κ2) is 10.8. The third-order valence-corrected chi connectivity index (χ3v) is 9.82. The molecule has 212 valence electrons. The van der Waals surface area contributed by atoms with E-state index >= 15 is 0 Å². The van der Waals surface area contributed by atoms with E-state index in [9.17, 15) is 30.8 Å². The van der Waals surface area contributed by atoms with Crippen LogP contribution in [0.1, 0.15) is 55.7 Å². The minimum absolute atomic E-state index is 0.0321. The molecule has 3 aromatic rings. The van der Waals surface area contributed by atoms with Gasteiger partial charge in [0.2, 0.25) is 21.8 Å². The third kappa shape index (κ3) is 5.75. The number of hydrogen-bond donors (Lipinski definition) is 1. The molecule has 2 atom stereocenters. The van der Waals surface area contributed by atoms with Crippen molar-refractivity contribution in [3.63, 3.8) is 0 Å². The summed E-state index contributed by atoms with van der Waals surface area (Å²) in [5.74, 6) is -2.15. The highest BCUT2D eigenvalue weighted by molar-refractivity contribution is 9.10. The number of benzene rings is 1. The number of carbonyl (C=O) groups is 1. The fraction of sp³-hybridized carbons (Fsp3) is 0.385. The molecule has 2 unspecified atom stereocenters. The van der Waals surface area contributed by atoms with E-state index in [-0.39, 0.29) is 17.4 Å². The van der Waals surface area contributed by atoms with E-state index in [0.717, 1.165) is 47.4 Å². The highest BCUT2D eigenvalue weighted by atomic mass is 79.9. The molecule has 0 radical (unpaired) electrons. The zero-order chi connectivity index (χ0) is 28.8. The lowest BCUT2D eigenvalue weighted by Gasteiger charge is -2.27. The van der Waals surface area contributed by atoms with Gasteiger partial charge in [-0.2, -0.15) is 17.5 Å². The van der Waals surface area contributed by atoms with Gasteiger partial charge in [-0.25, -0.2) is 22.8 Å². The number of carbonyl (C=O) groups excluding carboxylic acids is 1. The normalized spacial score (nSPS) is 20.1. The second-order valence-electron chi connectivity index (χ2n) is 9.88. The fourth-order valence-corrected chi connectivity index (χ4v) is 7.38. The quantitative estimate of drug-likeness (QED) is 0.356. The summed E-state index contributed by atoms with van der Waals surface area (Å²) in [7, 11) is -4.06. The lowest BCUT2D eigenvalue weighted by Crippen LogP contribution is -2.48. The summed E-state index contributed by atoms with van der Waals surface area (Å²) in [6.45, 7) is 1.68. The smallest absolute Gasteiger partial charge is 0.349 e. The number of rotatable bonds is 7. The Morgan fingerprint density at radius 2 is 1.75 bits per heavy atom. The number of nitrogens with one attached hydrogen (secondary N) is 1. The summed E-state index contributed by atoms with van der Waals surface area (Å²) in [4.78, 5) is 24.7. The van der Waals surface area contributed by atoms with Crippen LogP contribution in [0.2, 0.25) is 0 Å². The fourth-order valence-electron chi connectivity index (χ4n) is 4.78. The van der Waals surface area contributed by atoms with Crippen LogP contribution >= 0.6 is 15.9 Å². The molecule has 1 aromatic carbocycles. The molecule has 14 heteroatoms. The molecule has 0 spiro atoms. The molecule has 1 aliphatic carbocycles. The molecule has 0 bridgehead atoms. The Morgan fingerprint density at radius 3 is 2.35 bits per heavy atom. The number of halogens is 5. The maximum Gasteiger partial charge on any atom is 0.451 e. The van der Waals surface area contributed by atoms with Crippen molar-refractivity contribution >= 4 is 31.9 Å². The van der Waals surface area contributed by atoms with Crippen molar-refractivity contribution in [2.24, 2.45) is 0 Å². The number of nitrogens with zero attached hydrogens (tertiary/aromatic N) is 4. The zero-order valence-corrected chi connectivity index (χ0v) is 23.5. The van der Waals surface area contributed by atoms with Crippen molar-refractivity contribution in [2.45, 2.75) is 68.2 Å². The molecule has 2 aliphatic rings. The maximum atomic E-state index is 13.4. The number of alkyl halides is 3. The highest BCUT2D eigenvalue weighted by Gasteiger charge is 2.43. The van der Waals surface area contributed by atoms with Crippen LogP contribution < -0.4 is 5.32 Å². The first-order valence-electron chi connectivity index (χ1n) is 12.5. The van der Waals surface area contributed by atoms with Crippen LogP contribution in [0.4, 0.5) is 17.6 Å². The maximum absolute atomic E-state index is 13.4. The van der Waals surface area contributed by atoms with Gasteiger partial charge in [0.1, 0.15) is 11.9 Å².